The van der Waals surface area contributed by atoms with Gasteiger partial charge in [0.2, 0.25) is 0 Å². The Bertz CT molecular complexity index is 144. The highest BCUT2D eigenvalue weighted by Crippen LogP contribution is 2.37. The molecule has 72 valence electrons. The van der Waals surface area contributed by atoms with Gasteiger partial charge in [0.05, 0.1) is 0 Å². The molecule has 1 heterocycles. The molecule has 0 radical (unpaired) electrons. The second-order valence-corrected chi connectivity index (χ2v) is 4.59. The zero-order valence-corrected chi connectivity index (χ0v) is 8.80. The van der Waals surface area contributed by atoms with E-state index in [0.29, 0.717) is 11.5 Å². The van der Waals surface area contributed by atoms with Crippen molar-refractivity contribution in [2.75, 3.05) is 20.1 Å². The number of nitrogens with zero attached hydrogens (tertiary/aromatic N) is 1. The average molecular weight is 170 g/mol. The highest BCUT2D eigenvalue weighted by Gasteiger charge is 2.39. The van der Waals surface area contributed by atoms with Gasteiger partial charge in [-0.2, -0.15) is 0 Å². The number of hydrogen-bond donors (Lipinski definition) is 1. The lowest BCUT2D eigenvalue weighted by Crippen LogP contribution is -2.57. The highest BCUT2D eigenvalue weighted by atomic mass is 15.1. The minimum Gasteiger partial charge on any atom is -0.326 e. The van der Waals surface area contributed by atoms with Crippen molar-refractivity contribution in [3.8, 4) is 0 Å². The summed E-state index contributed by atoms with van der Waals surface area (Å²) in [5.41, 5.74) is 6.52. The molecule has 0 aromatic carbocycles. The van der Waals surface area contributed by atoms with Crippen LogP contribution in [0.2, 0.25) is 0 Å². The maximum Gasteiger partial charge on any atom is 0.0225 e. The fourth-order valence-electron chi connectivity index (χ4n) is 2.27. The van der Waals surface area contributed by atoms with Crippen molar-refractivity contribution in [1.82, 2.24) is 4.90 Å². The van der Waals surface area contributed by atoms with Crippen LogP contribution in [0.5, 0.6) is 0 Å². The Morgan fingerprint density at radius 3 is 2.50 bits per heavy atom. The van der Waals surface area contributed by atoms with Gasteiger partial charge in [-0.15, -0.1) is 0 Å². The van der Waals surface area contributed by atoms with Crippen LogP contribution in [0.1, 0.15) is 27.2 Å². The molecule has 1 saturated heterocycles. The molecule has 1 aliphatic heterocycles. The van der Waals surface area contributed by atoms with Gasteiger partial charge in [-0.05, 0) is 24.8 Å². The summed E-state index contributed by atoms with van der Waals surface area (Å²) < 4.78 is 0. The monoisotopic (exact) mass is 170 g/mol. The molecule has 2 N–H and O–H groups in total. The molecule has 2 heteroatoms. The molecule has 0 saturated carbocycles. The standard InChI is InChI=1S/C10H22N2/c1-5-10(3)8(2)6-12(4)7-9(10)11/h8-9H,5-7,11H2,1-4H3. The molecule has 0 spiro atoms. The Balaban J connectivity index is 2.73. The number of likely N-dealkylation sites (tertiary alicyclic amines) is 1. The predicted molar refractivity (Wildman–Crippen MR) is 53.0 cm³/mol. The minimum atomic E-state index is 0.344. The number of piperidine rings is 1. The van der Waals surface area contributed by atoms with E-state index in [2.05, 4.69) is 32.7 Å². The third kappa shape index (κ3) is 1.50. The van der Waals surface area contributed by atoms with Gasteiger partial charge in [0, 0.05) is 19.1 Å². The molecule has 3 unspecified atom stereocenters. The lowest BCUT2D eigenvalue weighted by Gasteiger charge is -2.47. The molecular formula is C10H22N2. The zero-order valence-electron chi connectivity index (χ0n) is 8.80. The van der Waals surface area contributed by atoms with Crippen molar-refractivity contribution >= 4 is 0 Å². The average Bonchev–Trinajstić information content (AvgIpc) is 2.00. The van der Waals surface area contributed by atoms with E-state index in [4.69, 9.17) is 5.73 Å². The van der Waals surface area contributed by atoms with Gasteiger partial charge in [0.1, 0.15) is 0 Å². The summed E-state index contributed by atoms with van der Waals surface area (Å²) in [5, 5.41) is 0. The van der Waals surface area contributed by atoms with Crippen molar-refractivity contribution in [3.63, 3.8) is 0 Å². The Morgan fingerprint density at radius 1 is 1.50 bits per heavy atom. The van der Waals surface area contributed by atoms with Gasteiger partial charge >= 0.3 is 0 Å². The van der Waals surface area contributed by atoms with Crippen molar-refractivity contribution in [1.29, 1.82) is 0 Å². The molecule has 0 aromatic rings. The number of likely N-dealkylation sites (N-methyl/N-ethyl adjacent to an activating group) is 1. The molecular weight excluding hydrogens is 148 g/mol. The SMILES string of the molecule is CCC1(C)C(C)CN(C)CC1N. The Morgan fingerprint density at radius 2 is 2.08 bits per heavy atom. The maximum atomic E-state index is 6.16. The van der Waals surface area contributed by atoms with Gasteiger partial charge in [-0.25, -0.2) is 0 Å². The molecule has 2 nitrogen and oxygen atoms in total. The second kappa shape index (κ2) is 3.35. The molecule has 0 aliphatic carbocycles. The van der Waals surface area contributed by atoms with E-state index in [1.54, 1.807) is 0 Å². The van der Waals surface area contributed by atoms with Crippen LogP contribution >= 0.6 is 0 Å². The van der Waals surface area contributed by atoms with Crippen molar-refractivity contribution < 1.29 is 0 Å². The summed E-state index contributed by atoms with van der Waals surface area (Å²) in [4.78, 5) is 2.34. The summed E-state index contributed by atoms with van der Waals surface area (Å²) in [6.07, 6.45) is 1.20. The topological polar surface area (TPSA) is 29.3 Å². The fourth-order valence-corrected chi connectivity index (χ4v) is 2.27. The van der Waals surface area contributed by atoms with Gasteiger partial charge < -0.3 is 10.6 Å². The van der Waals surface area contributed by atoms with E-state index in [-0.39, 0.29) is 0 Å². The summed E-state index contributed by atoms with van der Waals surface area (Å²) in [5.74, 6) is 0.719. The maximum absolute atomic E-state index is 6.16. The van der Waals surface area contributed by atoms with Crippen LogP contribution in [0.25, 0.3) is 0 Å². The van der Waals surface area contributed by atoms with E-state index in [1.165, 1.54) is 13.0 Å². The highest BCUT2D eigenvalue weighted by molar-refractivity contribution is 4.94. The zero-order chi connectivity index (χ0) is 9.35. The first-order chi connectivity index (χ1) is 5.50. The largest absolute Gasteiger partial charge is 0.326 e. The predicted octanol–water partition coefficient (Wildman–Crippen LogP) is 1.31. The van der Waals surface area contributed by atoms with E-state index in [9.17, 15) is 0 Å². The van der Waals surface area contributed by atoms with Crippen LogP contribution in [0.3, 0.4) is 0 Å². The number of rotatable bonds is 1. The van der Waals surface area contributed by atoms with E-state index in [1.807, 2.05) is 0 Å². The first kappa shape index (κ1) is 10.0. The van der Waals surface area contributed by atoms with E-state index >= 15 is 0 Å². The summed E-state index contributed by atoms with van der Waals surface area (Å²) >= 11 is 0. The van der Waals surface area contributed by atoms with Gasteiger partial charge in [-0.3, -0.25) is 0 Å². The van der Waals surface area contributed by atoms with E-state index in [0.717, 1.165) is 12.5 Å². The summed E-state index contributed by atoms with van der Waals surface area (Å²) in [7, 11) is 2.16. The Kier molecular flexibility index (Phi) is 2.79. The Hall–Kier alpha value is -0.0800. The molecule has 12 heavy (non-hydrogen) atoms. The molecule has 0 aromatic heterocycles. The molecule has 1 fully saturated rings. The van der Waals surface area contributed by atoms with Crippen LogP contribution in [0.15, 0.2) is 0 Å². The van der Waals surface area contributed by atoms with Gasteiger partial charge in [-0.1, -0.05) is 20.8 Å². The number of nitrogens with two attached hydrogens (primary N) is 1. The summed E-state index contributed by atoms with van der Waals surface area (Å²) in [6.45, 7) is 9.14. The van der Waals surface area contributed by atoms with E-state index < -0.39 is 0 Å². The molecule has 1 rings (SSSR count). The minimum absolute atomic E-state index is 0.344. The fraction of sp³-hybridized carbons (Fsp3) is 1.00. The first-order valence-electron chi connectivity index (χ1n) is 4.94. The van der Waals surface area contributed by atoms with Gasteiger partial charge in [0.25, 0.3) is 0 Å². The smallest absolute Gasteiger partial charge is 0.0225 e. The Labute approximate surface area is 76.1 Å². The van der Waals surface area contributed by atoms with Crippen molar-refractivity contribution in [2.45, 2.75) is 33.2 Å². The normalized spacial score (nSPS) is 44.8. The van der Waals surface area contributed by atoms with Crippen LogP contribution in [0, 0.1) is 11.3 Å². The van der Waals surface area contributed by atoms with Crippen molar-refractivity contribution in [2.24, 2.45) is 17.1 Å². The van der Waals surface area contributed by atoms with Crippen LogP contribution in [-0.2, 0) is 0 Å². The molecule has 0 amide bonds. The molecule has 3 atom stereocenters. The molecule has 0 bridgehead atoms. The third-order valence-corrected chi connectivity index (χ3v) is 3.83. The summed E-state index contributed by atoms with van der Waals surface area (Å²) in [6, 6.07) is 0.344. The molecule has 1 aliphatic rings. The second-order valence-electron chi connectivity index (χ2n) is 4.59. The van der Waals surface area contributed by atoms with Gasteiger partial charge in [0.15, 0.2) is 0 Å². The van der Waals surface area contributed by atoms with Crippen molar-refractivity contribution in [3.05, 3.63) is 0 Å². The lowest BCUT2D eigenvalue weighted by atomic mass is 9.68. The van der Waals surface area contributed by atoms with Crippen LogP contribution in [-0.4, -0.2) is 31.1 Å². The first-order valence-corrected chi connectivity index (χ1v) is 4.94. The lowest BCUT2D eigenvalue weighted by molar-refractivity contribution is 0.0445. The van der Waals surface area contributed by atoms with Crippen LogP contribution in [0.4, 0.5) is 0 Å². The quantitative estimate of drug-likeness (QED) is 0.643. The van der Waals surface area contributed by atoms with Crippen LogP contribution < -0.4 is 5.73 Å². The third-order valence-electron chi connectivity index (χ3n) is 3.83. The number of hydrogen-bond acceptors (Lipinski definition) is 2.